The first-order valence-corrected chi connectivity index (χ1v) is 9.15. The van der Waals surface area contributed by atoms with Crippen molar-refractivity contribution in [3.8, 4) is 0 Å². The summed E-state index contributed by atoms with van der Waals surface area (Å²) in [6.45, 7) is 0.429. The van der Waals surface area contributed by atoms with E-state index in [-0.39, 0.29) is 11.9 Å². The lowest BCUT2D eigenvalue weighted by atomic mass is 9.93. The zero-order valence-corrected chi connectivity index (χ0v) is 12.9. The highest BCUT2D eigenvalue weighted by Gasteiger charge is 2.37. The summed E-state index contributed by atoms with van der Waals surface area (Å²) in [6.07, 6.45) is 6.85. The van der Waals surface area contributed by atoms with Crippen molar-refractivity contribution in [2.45, 2.75) is 44.2 Å². The maximum absolute atomic E-state index is 12.5. The van der Waals surface area contributed by atoms with Crippen molar-refractivity contribution in [1.29, 1.82) is 0 Å². The third-order valence-corrected chi connectivity index (χ3v) is 5.59. The highest BCUT2D eigenvalue weighted by atomic mass is 32.2. The van der Waals surface area contributed by atoms with Crippen LogP contribution in [0, 0.1) is 0 Å². The van der Waals surface area contributed by atoms with E-state index in [0.29, 0.717) is 13.0 Å². The molecule has 1 saturated heterocycles. The molecule has 1 N–H and O–H groups in total. The van der Waals surface area contributed by atoms with E-state index in [0.717, 1.165) is 43.3 Å². The van der Waals surface area contributed by atoms with Gasteiger partial charge in [-0.05, 0) is 31.7 Å². The maximum atomic E-state index is 12.5. The third-order valence-electron chi connectivity index (χ3n) is 4.30. The molecular formula is C14H20N2O4S. The van der Waals surface area contributed by atoms with Crippen LogP contribution < -0.4 is 5.32 Å². The minimum Gasteiger partial charge on any atom is -0.469 e. The Bertz CT molecular complexity index is 637. The molecule has 0 aromatic carbocycles. The summed E-state index contributed by atoms with van der Waals surface area (Å²) in [5.74, 6) is 0.731. The van der Waals surface area contributed by atoms with Gasteiger partial charge >= 0.3 is 0 Å². The van der Waals surface area contributed by atoms with Gasteiger partial charge in [-0.2, -0.15) is 4.31 Å². The van der Waals surface area contributed by atoms with Crippen molar-refractivity contribution in [2.75, 3.05) is 12.8 Å². The Balaban J connectivity index is 1.73. The van der Waals surface area contributed by atoms with Gasteiger partial charge in [-0.25, -0.2) is 8.42 Å². The first-order chi connectivity index (χ1) is 9.97. The second-order valence-corrected chi connectivity index (χ2v) is 7.72. The van der Waals surface area contributed by atoms with Gasteiger partial charge in [0.2, 0.25) is 15.9 Å². The summed E-state index contributed by atoms with van der Waals surface area (Å²) in [5, 5.41) is 3.00. The van der Waals surface area contributed by atoms with Gasteiger partial charge in [0.15, 0.2) is 0 Å². The number of rotatable bonds is 3. The van der Waals surface area contributed by atoms with E-state index >= 15 is 0 Å². The molecule has 21 heavy (non-hydrogen) atoms. The van der Waals surface area contributed by atoms with Crippen molar-refractivity contribution < 1.29 is 17.6 Å². The third kappa shape index (κ3) is 2.85. The predicted molar refractivity (Wildman–Crippen MR) is 77.1 cm³/mol. The largest absolute Gasteiger partial charge is 0.469 e. The monoisotopic (exact) mass is 312 g/mol. The number of amides is 1. The second kappa shape index (κ2) is 5.46. The topological polar surface area (TPSA) is 79.6 Å². The molecule has 0 saturated carbocycles. The molecule has 0 spiro atoms. The van der Waals surface area contributed by atoms with Crippen LogP contribution in [0.4, 0.5) is 0 Å². The van der Waals surface area contributed by atoms with Gasteiger partial charge in [-0.3, -0.25) is 4.79 Å². The van der Waals surface area contributed by atoms with Crippen LogP contribution in [0.25, 0.3) is 0 Å². The molecule has 0 radical (unpaired) electrons. The molecule has 0 bridgehead atoms. The van der Waals surface area contributed by atoms with E-state index in [9.17, 15) is 13.2 Å². The molecular weight excluding hydrogens is 292 g/mol. The molecule has 2 aliphatic rings. The van der Waals surface area contributed by atoms with Crippen LogP contribution >= 0.6 is 0 Å². The lowest BCUT2D eigenvalue weighted by Gasteiger charge is -2.27. The number of fused-ring (bicyclic) bond motifs is 1. The molecule has 1 aliphatic carbocycles. The van der Waals surface area contributed by atoms with Crippen LogP contribution in [0.3, 0.4) is 0 Å². The van der Waals surface area contributed by atoms with Crippen molar-refractivity contribution >= 4 is 15.9 Å². The number of carbonyl (C=O) groups excluding carboxylic acids is 1. The fourth-order valence-corrected chi connectivity index (χ4v) is 4.43. The minimum absolute atomic E-state index is 0.0676. The standard InChI is InChI=1S/C14H20N2O4S/c1-21(18,19)16-8-3-5-12(16)14(17)15-11-4-2-6-13-10(11)7-9-20-13/h7,9,11-12H,2-6,8H2,1H3,(H,15,17)/t11-,12-/m1/s1. The molecule has 0 unspecified atom stereocenters. The van der Waals surface area contributed by atoms with Crippen LogP contribution in [0.5, 0.6) is 0 Å². The summed E-state index contributed by atoms with van der Waals surface area (Å²) in [4.78, 5) is 12.5. The molecule has 1 aromatic heterocycles. The highest BCUT2D eigenvalue weighted by molar-refractivity contribution is 7.88. The number of furan rings is 1. The molecule has 3 rings (SSSR count). The lowest BCUT2D eigenvalue weighted by Crippen LogP contribution is -2.46. The van der Waals surface area contributed by atoms with Crippen molar-refractivity contribution in [2.24, 2.45) is 0 Å². The second-order valence-electron chi connectivity index (χ2n) is 5.78. The van der Waals surface area contributed by atoms with Gasteiger partial charge in [0.05, 0.1) is 18.6 Å². The van der Waals surface area contributed by atoms with Crippen LogP contribution in [0.1, 0.15) is 43.0 Å². The van der Waals surface area contributed by atoms with Crippen molar-refractivity contribution in [1.82, 2.24) is 9.62 Å². The summed E-state index contributed by atoms with van der Waals surface area (Å²) in [5.41, 5.74) is 1.03. The Hall–Kier alpha value is -1.34. The molecule has 1 aliphatic heterocycles. The number of nitrogens with one attached hydrogen (secondary N) is 1. The molecule has 7 heteroatoms. The maximum Gasteiger partial charge on any atom is 0.238 e. The molecule has 1 aromatic rings. The van der Waals surface area contributed by atoms with Gasteiger partial charge in [0.25, 0.3) is 0 Å². The summed E-state index contributed by atoms with van der Waals surface area (Å²) in [6, 6.07) is 1.25. The van der Waals surface area contributed by atoms with E-state index in [2.05, 4.69) is 5.32 Å². The van der Waals surface area contributed by atoms with Crippen LogP contribution in [-0.2, 0) is 21.2 Å². The van der Waals surface area contributed by atoms with E-state index in [1.165, 1.54) is 4.31 Å². The summed E-state index contributed by atoms with van der Waals surface area (Å²) < 4.78 is 30.2. The van der Waals surface area contributed by atoms with E-state index in [1.54, 1.807) is 6.26 Å². The Morgan fingerprint density at radius 1 is 1.38 bits per heavy atom. The fraction of sp³-hybridized carbons (Fsp3) is 0.643. The van der Waals surface area contributed by atoms with Gasteiger partial charge in [0.1, 0.15) is 11.8 Å². The normalized spacial score (nSPS) is 26.5. The quantitative estimate of drug-likeness (QED) is 0.909. The summed E-state index contributed by atoms with van der Waals surface area (Å²) in [7, 11) is -3.33. The number of nitrogens with zero attached hydrogens (tertiary/aromatic N) is 1. The van der Waals surface area contributed by atoms with Gasteiger partial charge in [-0.15, -0.1) is 0 Å². The Kier molecular flexibility index (Phi) is 3.79. The summed E-state index contributed by atoms with van der Waals surface area (Å²) >= 11 is 0. The number of hydrogen-bond donors (Lipinski definition) is 1. The zero-order valence-electron chi connectivity index (χ0n) is 12.0. The van der Waals surface area contributed by atoms with E-state index in [1.807, 2.05) is 6.07 Å². The van der Waals surface area contributed by atoms with Crippen LogP contribution in [0.2, 0.25) is 0 Å². The first kappa shape index (κ1) is 14.6. The number of aryl methyl sites for hydroxylation is 1. The predicted octanol–water partition coefficient (Wildman–Crippen LogP) is 1.20. The molecule has 2 heterocycles. The molecule has 1 fully saturated rings. The Morgan fingerprint density at radius 2 is 2.19 bits per heavy atom. The van der Waals surface area contributed by atoms with Crippen LogP contribution in [-0.4, -0.2) is 37.5 Å². The van der Waals surface area contributed by atoms with Crippen molar-refractivity contribution in [3.05, 3.63) is 23.7 Å². The van der Waals surface area contributed by atoms with E-state index in [4.69, 9.17) is 4.42 Å². The average Bonchev–Trinajstić information content (AvgIpc) is 3.07. The smallest absolute Gasteiger partial charge is 0.238 e. The zero-order chi connectivity index (χ0) is 15.0. The number of sulfonamides is 1. The molecule has 1 amide bonds. The lowest BCUT2D eigenvalue weighted by molar-refractivity contribution is -0.125. The van der Waals surface area contributed by atoms with E-state index < -0.39 is 16.1 Å². The van der Waals surface area contributed by atoms with Gasteiger partial charge in [-0.1, -0.05) is 0 Å². The number of hydrogen-bond acceptors (Lipinski definition) is 4. The minimum atomic E-state index is -3.33. The van der Waals surface area contributed by atoms with Gasteiger partial charge < -0.3 is 9.73 Å². The Morgan fingerprint density at radius 3 is 2.95 bits per heavy atom. The molecule has 6 nitrogen and oxygen atoms in total. The first-order valence-electron chi connectivity index (χ1n) is 7.30. The average molecular weight is 312 g/mol. The fourth-order valence-electron chi connectivity index (χ4n) is 3.30. The SMILES string of the molecule is CS(=O)(=O)N1CCC[C@@H]1C(=O)N[C@@H]1CCCc2occc21. The Labute approximate surface area is 124 Å². The highest BCUT2D eigenvalue weighted by Crippen LogP contribution is 2.31. The van der Waals surface area contributed by atoms with Gasteiger partial charge in [0, 0.05) is 18.5 Å². The molecule has 2 atom stereocenters. The van der Waals surface area contributed by atoms with Crippen molar-refractivity contribution in [3.63, 3.8) is 0 Å². The number of carbonyl (C=O) groups is 1. The van der Waals surface area contributed by atoms with Crippen LogP contribution in [0.15, 0.2) is 16.7 Å². The molecule has 116 valence electrons.